The topological polar surface area (TPSA) is 63.3 Å². The summed E-state index contributed by atoms with van der Waals surface area (Å²) in [6, 6.07) is 14.7. The summed E-state index contributed by atoms with van der Waals surface area (Å²) in [5.41, 5.74) is 2.82. The largest absolute Gasteiger partial charge is 0.506 e. The van der Waals surface area contributed by atoms with Crippen LogP contribution in [-0.2, 0) is 0 Å². The first-order valence-electron chi connectivity index (χ1n) is 7.10. The standard InChI is InChI=1S/C18H9NO3S/c20-15-9-5-1-2-6-10(9)16(21)13(15)17-19-14-11-7-3-4-8-12(11)22-18(14)23-17/h1-8,20H. The Hall–Kier alpha value is -2.92. The van der Waals surface area contributed by atoms with Crippen LogP contribution < -0.4 is 0 Å². The van der Waals surface area contributed by atoms with Gasteiger partial charge in [0.05, 0.1) is 0 Å². The average molecular weight is 319 g/mol. The van der Waals surface area contributed by atoms with E-state index in [0.29, 0.717) is 21.0 Å². The summed E-state index contributed by atoms with van der Waals surface area (Å²) in [4.78, 5) is 17.8. The molecule has 0 saturated heterocycles. The maximum absolute atomic E-state index is 12.6. The van der Waals surface area contributed by atoms with Crippen LogP contribution >= 0.6 is 11.3 Å². The van der Waals surface area contributed by atoms with Crippen LogP contribution in [0, 0.1) is 0 Å². The Balaban J connectivity index is 1.75. The highest BCUT2D eigenvalue weighted by atomic mass is 32.1. The minimum absolute atomic E-state index is 0.00805. The number of benzene rings is 2. The Labute approximate surface area is 134 Å². The van der Waals surface area contributed by atoms with Gasteiger partial charge in [-0.15, -0.1) is 0 Å². The summed E-state index contributed by atoms with van der Waals surface area (Å²) < 4.78 is 5.78. The van der Waals surface area contributed by atoms with Crippen molar-refractivity contribution in [3.8, 4) is 0 Å². The van der Waals surface area contributed by atoms with Gasteiger partial charge >= 0.3 is 0 Å². The van der Waals surface area contributed by atoms with Gasteiger partial charge in [0.15, 0.2) is 0 Å². The van der Waals surface area contributed by atoms with Crippen LogP contribution in [0.25, 0.3) is 32.7 Å². The van der Waals surface area contributed by atoms with Crippen molar-refractivity contribution in [3.63, 3.8) is 0 Å². The van der Waals surface area contributed by atoms with Crippen LogP contribution in [0.3, 0.4) is 0 Å². The Kier molecular flexibility index (Phi) is 2.36. The van der Waals surface area contributed by atoms with Crippen molar-refractivity contribution in [1.82, 2.24) is 4.98 Å². The molecular weight excluding hydrogens is 310 g/mol. The van der Waals surface area contributed by atoms with E-state index in [9.17, 15) is 9.90 Å². The first-order valence-corrected chi connectivity index (χ1v) is 7.91. The molecule has 0 unspecified atom stereocenters. The molecule has 1 N–H and O–H groups in total. The number of aromatic nitrogens is 1. The highest BCUT2D eigenvalue weighted by Gasteiger charge is 2.32. The van der Waals surface area contributed by atoms with E-state index in [4.69, 9.17) is 4.42 Å². The molecule has 0 bridgehead atoms. The number of hydrogen-bond donors (Lipinski definition) is 1. The van der Waals surface area contributed by atoms with Crippen molar-refractivity contribution in [2.75, 3.05) is 0 Å². The third kappa shape index (κ3) is 1.59. The Morgan fingerprint density at radius 2 is 1.74 bits per heavy atom. The molecule has 1 aliphatic rings. The Bertz CT molecular complexity index is 1150. The predicted molar refractivity (Wildman–Crippen MR) is 89.6 cm³/mol. The van der Waals surface area contributed by atoms with E-state index in [2.05, 4.69) is 4.98 Å². The molecule has 5 heteroatoms. The third-order valence-electron chi connectivity index (χ3n) is 4.05. The molecule has 2 aromatic carbocycles. The zero-order valence-electron chi connectivity index (χ0n) is 11.7. The van der Waals surface area contributed by atoms with Crippen LogP contribution in [0.1, 0.15) is 20.9 Å². The molecular formula is C18H9NO3S. The van der Waals surface area contributed by atoms with Gasteiger partial charge in [-0.05, 0) is 12.1 Å². The minimum Gasteiger partial charge on any atom is -0.506 e. The summed E-state index contributed by atoms with van der Waals surface area (Å²) in [7, 11) is 0. The number of ketones is 1. The number of thiazole rings is 1. The van der Waals surface area contributed by atoms with E-state index in [1.165, 1.54) is 11.3 Å². The number of aliphatic hydroxyl groups is 1. The van der Waals surface area contributed by atoms with Gasteiger partial charge in [-0.3, -0.25) is 4.79 Å². The lowest BCUT2D eigenvalue weighted by Crippen LogP contribution is -1.97. The van der Waals surface area contributed by atoms with Gasteiger partial charge in [0.25, 0.3) is 0 Å². The molecule has 4 aromatic rings. The lowest BCUT2D eigenvalue weighted by molar-refractivity contribution is 0.105. The van der Waals surface area contributed by atoms with Gasteiger partial charge in [0.2, 0.25) is 10.7 Å². The van der Waals surface area contributed by atoms with E-state index in [0.717, 1.165) is 16.5 Å². The number of fused-ring (bicyclic) bond motifs is 4. The summed E-state index contributed by atoms with van der Waals surface area (Å²) >= 11 is 1.28. The number of carbonyl (C=O) groups is 1. The Morgan fingerprint density at radius 3 is 2.57 bits per heavy atom. The number of allylic oxidation sites excluding steroid dienone is 1. The second-order valence-electron chi connectivity index (χ2n) is 5.35. The molecule has 23 heavy (non-hydrogen) atoms. The maximum Gasteiger partial charge on any atom is 0.209 e. The van der Waals surface area contributed by atoms with E-state index >= 15 is 0 Å². The molecule has 1 aliphatic carbocycles. The molecule has 2 heterocycles. The average Bonchev–Trinajstić information content (AvgIpc) is 3.19. The van der Waals surface area contributed by atoms with Crippen LogP contribution in [0.5, 0.6) is 0 Å². The number of para-hydroxylation sites is 1. The number of aliphatic hydroxyl groups excluding tert-OH is 1. The second-order valence-corrected chi connectivity index (χ2v) is 6.31. The quantitative estimate of drug-likeness (QED) is 0.554. The second kappa shape index (κ2) is 4.30. The lowest BCUT2D eigenvalue weighted by Gasteiger charge is -1.96. The lowest BCUT2D eigenvalue weighted by atomic mass is 10.1. The molecule has 4 nitrogen and oxygen atoms in total. The zero-order chi connectivity index (χ0) is 15.6. The van der Waals surface area contributed by atoms with E-state index in [1.54, 1.807) is 24.3 Å². The van der Waals surface area contributed by atoms with Crippen LogP contribution in [0.15, 0.2) is 52.9 Å². The molecule has 0 amide bonds. The monoisotopic (exact) mass is 319 g/mol. The number of nitrogens with zero attached hydrogens (tertiary/aromatic N) is 1. The van der Waals surface area contributed by atoms with Gasteiger partial charge in [0, 0.05) is 16.5 Å². The van der Waals surface area contributed by atoms with Gasteiger partial charge < -0.3 is 9.52 Å². The molecule has 5 rings (SSSR count). The van der Waals surface area contributed by atoms with Crippen molar-refractivity contribution in [2.45, 2.75) is 0 Å². The van der Waals surface area contributed by atoms with Gasteiger partial charge in [0.1, 0.15) is 27.4 Å². The van der Waals surface area contributed by atoms with Crippen molar-refractivity contribution in [2.24, 2.45) is 0 Å². The number of furan rings is 1. The molecule has 0 radical (unpaired) electrons. The number of Topliss-reactive ketones (excluding diaryl/α,β-unsaturated/α-hetero) is 1. The predicted octanol–water partition coefficient (Wildman–Crippen LogP) is 4.67. The fourth-order valence-corrected chi connectivity index (χ4v) is 3.95. The maximum atomic E-state index is 12.6. The molecule has 110 valence electrons. The molecule has 0 spiro atoms. The van der Waals surface area contributed by atoms with Crippen LogP contribution in [0.2, 0.25) is 0 Å². The van der Waals surface area contributed by atoms with Gasteiger partial charge in [-0.1, -0.05) is 47.7 Å². The van der Waals surface area contributed by atoms with E-state index < -0.39 is 0 Å². The fraction of sp³-hybridized carbons (Fsp3) is 0. The highest BCUT2D eigenvalue weighted by Crippen LogP contribution is 2.41. The zero-order valence-corrected chi connectivity index (χ0v) is 12.6. The van der Waals surface area contributed by atoms with E-state index in [-0.39, 0.29) is 17.1 Å². The SMILES string of the molecule is O=C1C(c2nc3c(oc4ccccc43)s2)=C(O)c2ccccc21. The van der Waals surface area contributed by atoms with Crippen molar-refractivity contribution < 1.29 is 14.3 Å². The van der Waals surface area contributed by atoms with E-state index in [1.807, 2.05) is 24.3 Å². The summed E-state index contributed by atoms with van der Waals surface area (Å²) in [5, 5.41) is 11.8. The number of carbonyl (C=O) groups excluding carboxylic acids is 1. The molecule has 2 aromatic heterocycles. The molecule has 0 atom stereocenters. The normalized spacial score (nSPS) is 14.2. The molecule has 0 saturated carbocycles. The third-order valence-corrected chi connectivity index (χ3v) is 5.00. The summed E-state index contributed by atoms with van der Waals surface area (Å²) in [6.45, 7) is 0. The smallest absolute Gasteiger partial charge is 0.209 e. The highest BCUT2D eigenvalue weighted by molar-refractivity contribution is 7.19. The molecule has 0 aliphatic heterocycles. The summed E-state index contributed by atoms with van der Waals surface area (Å²) in [5.74, 6) is -0.204. The number of rotatable bonds is 1. The molecule has 0 fully saturated rings. The minimum atomic E-state index is -0.196. The van der Waals surface area contributed by atoms with Crippen LogP contribution in [-0.4, -0.2) is 15.9 Å². The van der Waals surface area contributed by atoms with Crippen molar-refractivity contribution in [3.05, 3.63) is 64.7 Å². The van der Waals surface area contributed by atoms with Gasteiger partial charge in [-0.2, -0.15) is 0 Å². The van der Waals surface area contributed by atoms with Crippen molar-refractivity contribution in [1.29, 1.82) is 0 Å². The van der Waals surface area contributed by atoms with Crippen molar-refractivity contribution >= 4 is 49.8 Å². The summed E-state index contributed by atoms with van der Waals surface area (Å²) in [6.07, 6.45) is 0. The van der Waals surface area contributed by atoms with Gasteiger partial charge in [-0.25, -0.2) is 4.98 Å². The first kappa shape index (κ1) is 12.6. The first-order chi connectivity index (χ1) is 11.2. The fourth-order valence-electron chi connectivity index (χ4n) is 2.97. The Morgan fingerprint density at radius 1 is 1.00 bits per heavy atom. The number of hydrogen-bond acceptors (Lipinski definition) is 5. The van der Waals surface area contributed by atoms with Crippen LogP contribution in [0.4, 0.5) is 0 Å².